The second-order valence-corrected chi connectivity index (χ2v) is 4.16. The van der Waals surface area contributed by atoms with Gasteiger partial charge < -0.3 is 9.84 Å². The Morgan fingerprint density at radius 1 is 1.33 bits per heavy atom. The molecule has 3 nitrogen and oxygen atoms in total. The van der Waals surface area contributed by atoms with Crippen molar-refractivity contribution in [1.29, 1.82) is 0 Å². The molecule has 5 heteroatoms. The van der Waals surface area contributed by atoms with Gasteiger partial charge in [-0.25, -0.2) is 4.39 Å². The summed E-state index contributed by atoms with van der Waals surface area (Å²) in [5.74, 6) is -0.201. The number of aromatic nitrogens is 1. The first-order valence-electron chi connectivity index (χ1n) is 5.34. The van der Waals surface area contributed by atoms with Gasteiger partial charge in [0.15, 0.2) is 11.6 Å². The Bertz CT molecular complexity index is 543. The Morgan fingerprint density at radius 2 is 2.11 bits per heavy atom. The van der Waals surface area contributed by atoms with E-state index in [-0.39, 0.29) is 10.8 Å². The van der Waals surface area contributed by atoms with E-state index in [1.807, 2.05) is 0 Å². The highest BCUT2D eigenvalue weighted by atomic mass is 35.5. The van der Waals surface area contributed by atoms with Crippen molar-refractivity contribution in [2.75, 3.05) is 0 Å². The van der Waals surface area contributed by atoms with Gasteiger partial charge in [-0.15, -0.1) is 0 Å². The van der Waals surface area contributed by atoms with Crippen molar-refractivity contribution in [1.82, 2.24) is 4.98 Å². The molecule has 2 aromatic rings. The lowest BCUT2D eigenvalue weighted by Gasteiger charge is -2.08. The summed E-state index contributed by atoms with van der Waals surface area (Å²) in [6.45, 7) is 1.61. The molecule has 0 amide bonds. The monoisotopic (exact) mass is 267 g/mol. The molecule has 0 saturated carbocycles. The van der Waals surface area contributed by atoms with Crippen molar-refractivity contribution < 1.29 is 14.2 Å². The van der Waals surface area contributed by atoms with Crippen molar-refractivity contribution >= 4 is 11.6 Å². The average molecular weight is 268 g/mol. The van der Waals surface area contributed by atoms with E-state index in [0.29, 0.717) is 11.4 Å². The summed E-state index contributed by atoms with van der Waals surface area (Å²) in [5.41, 5.74) is 0.522. The van der Waals surface area contributed by atoms with E-state index in [1.165, 1.54) is 18.3 Å². The molecule has 0 aliphatic carbocycles. The van der Waals surface area contributed by atoms with Gasteiger partial charge in [0.05, 0.1) is 23.0 Å². The van der Waals surface area contributed by atoms with E-state index < -0.39 is 11.9 Å². The summed E-state index contributed by atoms with van der Waals surface area (Å²) < 4.78 is 18.9. The Kier molecular flexibility index (Phi) is 3.79. The van der Waals surface area contributed by atoms with Gasteiger partial charge >= 0.3 is 0 Å². The van der Waals surface area contributed by atoms with E-state index in [0.717, 1.165) is 0 Å². The highest BCUT2D eigenvalue weighted by Crippen LogP contribution is 2.28. The van der Waals surface area contributed by atoms with Gasteiger partial charge in [-0.2, -0.15) is 0 Å². The maximum atomic E-state index is 13.6. The molecule has 0 saturated heterocycles. The van der Waals surface area contributed by atoms with Crippen LogP contribution in [-0.2, 0) is 0 Å². The second-order valence-electron chi connectivity index (χ2n) is 3.75. The van der Waals surface area contributed by atoms with Crippen LogP contribution in [-0.4, -0.2) is 10.1 Å². The number of ether oxygens (including phenoxy) is 1. The highest BCUT2D eigenvalue weighted by Gasteiger charge is 2.09. The Morgan fingerprint density at radius 3 is 2.72 bits per heavy atom. The molecular formula is C13H11ClFNO2. The van der Waals surface area contributed by atoms with Crippen LogP contribution < -0.4 is 4.74 Å². The van der Waals surface area contributed by atoms with Crippen LogP contribution in [0.5, 0.6) is 11.5 Å². The van der Waals surface area contributed by atoms with Crippen LogP contribution in [0.1, 0.15) is 18.7 Å². The van der Waals surface area contributed by atoms with Crippen LogP contribution in [0.3, 0.4) is 0 Å². The fourth-order valence-corrected chi connectivity index (χ4v) is 1.55. The molecule has 1 heterocycles. The molecule has 0 aliphatic rings. The maximum absolute atomic E-state index is 13.6. The summed E-state index contributed by atoms with van der Waals surface area (Å²) in [5, 5.41) is 9.31. The average Bonchev–Trinajstić information content (AvgIpc) is 2.36. The molecule has 1 atom stereocenters. The minimum atomic E-state index is -0.651. The summed E-state index contributed by atoms with van der Waals surface area (Å²) in [4.78, 5) is 4.00. The number of rotatable bonds is 3. The van der Waals surface area contributed by atoms with E-state index in [1.54, 1.807) is 25.1 Å². The first-order valence-corrected chi connectivity index (χ1v) is 5.71. The number of halogens is 2. The zero-order valence-corrected chi connectivity index (χ0v) is 10.4. The zero-order chi connectivity index (χ0) is 13.1. The molecule has 18 heavy (non-hydrogen) atoms. The van der Waals surface area contributed by atoms with Gasteiger partial charge in [-0.05, 0) is 31.2 Å². The Balaban J connectivity index is 2.21. The molecule has 94 valence electrons. The smallest absolute Gasteiger partial charge is 0.184 e. The van der Waals surface area contributed by atoms with Gasteiger partial charge in [0.2, 0.25) is 0 Å². The molecule has 0 aliphatic heterocycles. The van der Waals surface area contributed by atoms with Crippen LogP contribution in [0.4, 0.5) is 4.39 Å². The van der Waals surface area contributed by atoms with Gasteiger partial charge in [0, 0.05) is 0 Å². The van der Waals surface area contributed by atoms with Crippen molar-refractivity contribution in [2.24, 2.45) is 0 Å². The third kappa shape index (κ3) is 2.78. The summed E-state index contributed by atoms with van der Waals surface area (Å²) >= 11 is 5.64. The lowest BCUT2D eigenvalue weighted by atomic mass is 10.2. The molecule has 1 aromatic carbocycles. The summed E-state index contributed by atoms with van der Waals surface area (Å²) in [7, 11) is 0. The SMILES string of the molecule is C[C@H](O)c1ccc(Oc2cccc(Cl)c2F)cn1. The van der Waals surface area contributed by atoms with Gasteiger partial charge in [0.25, 0.3) is 0 Å². The highest BCUT2D eigenvalue weighted by molar-refractivity contribution is 6.30. The third-order valence-corrected chi connectivity index (χ3v) is 2.62. The summed E-state index contributed by atoms with van der Waals surface area (Å²) in [6, 6.07) is 7.73. The molecular weight excluding hydrogens is 257 g/mol. The van der Waals surface area contributed by atoms with E-state index >= 15 is 0 Å². The minimum absolute atomic E-state index is 0.000981. The quantitative estimate of drug-likeness (QED) is 0.922. The van der Waals surface area contributed by atoms with Gasteiger partial charge in [0.1, 0.15) is 5.75 Å². The zero-order valence-electron chi connectivity index (χ0n) is 9.60. The number of benzene rings is 1. The largest absolute Gasteiger partial charge is 0.453 e. The lowest BCUT2D eigenvalue weighted by Crippen LogP contribution is -1.95. The fourth-order valence-electron chi connectivity index (χ4n) is 1.39. The number of hydrogen-bond acceptors (Lipinski definition) is 3. The predicted molar refractivity (Wildman–Crippen MR) is 66.4 cm³/mol. The molecule has 0 bridgehead atoms. The van der Waals surface area contributed by atoms with E-state index in [2.05, 4.69) is 4.98 Å². The van der Waals surface area contributed by atoms with E-state index in [9.17, 15) is 9.50 Å². The molecule has 0 radical (unpaired) electrons. The van der Waals surface area contributed by atoms with Crippen molar-refractivity contribution in [3.05, 3.63) is 53.1 Å². The van der Waals surface area contributed by atoms with E-state index in [4.69, 9.17) is 16.3 Å². The van der Waals surface area contributed by atoms with Crippen LogP contribution in [0.25, 0.3) is 0 Å². The molecule has 0 unspecified atom stereocenters. The number of aliphatic hydroxyl groups is 1. The van der Waals surface area contributed by atoms with Crippen LogP contribution in [0.2, 0.25) is 5.02 Å². The predicted octanol–water partition coefficient (Wildman–Crippen LogP) is 3.72. The fraction of sp³-hybridized carbons (Fsp3) is 0.154. The van der Waals surface area contributed by atoms with Crippen molar-refractivity contribution in [3.63, 3.8) is 0 Å². The van der Waals surface area contributed by atoms with Crippen LogP contribution >= 0.6 is 11.6 Å². The number of aliphatic hydroxyl groups excluding tert-OH is 1. The lowest BCUT2D eigenvalue weighted by molar-refractivity contribution is 0.194. The normalized spacial score (nSPS) is 12.2. The first kappa shape index (κ1) is 12.8. The molecule has 0 fully saturated rings. The first-order chi connectivity index (χ1) is 8.58. The molecule has 1 aromatic heterocycles. The maximum Gasteiger partial charge on any atom is 0.184 e. The van der Waals surface area contributed by atoms with Crippen molar-refractivity contribution in [2.45, 2.75) is 13.0 Å². The third-order valence-electron chi connectivity index (χ3n) is 2.33. The Labute approximate surface area is 109 Å². The Hall–Kier alpha value is -1.65. The summed E-state index contributed by atoms with van der Waals surface area (Å²) in [6.07, 6.45) is 0.768. The number of nitrogens with zero attached hydrogens (tertiary/aromatic N) is 1. The van der Waals surface area contributed by atoms with Crippen molar-refractivity contribution in [3.8, 4) is 11.5 Å². The molecule has 2 rings (SSSR count). The second kappa shape index (κ2) is 5.33. The van der Waals surface area contributed by atoms with Gasteiger partial charge in [-0.1, -0.05) is 17.7 Å². The standard InChI is InChI=1S/C13H11ClFNO2/c1-8(17)11-6-5-9(7-16-11)18-12-4-2-3-10(14)13(12)15/h2-8,17H,1H3/t8-/m0/s1. The topological polar surface area (TPSA) is 42.4 Å². The number of pyridine rings is 1. The van der Waals surface area contributed by atoms with Gasteiger partial charge in [-0.3, -0.25) is 4.98 Å². The molecule has 0 spiro atoms. The van der Waals surface area contributed by atoms with Crippen LogP contribution in [0.15, 0.2) is 36.5 Å². The molecule has 1 N–H and O–H groups in total. The minimum Gasteiger partial charge on any atom is -0.453 e. The number of hydrogen-bond donors (Lipinski definition) is 1. The van der Waals surface area contributed by atoms with Crippen LogP contribution in [0, 0.1) is 5.82 Å².